The minimum absolute atomic E-state index is 0.163. The fourth-order valence-electron chi connectivity index (χ4n) is 1.29. The number of carbonyl (C=O) groups is 1. The highest BCUT2D eigenvalue weighted by Crippen LogP contribution is 2.14. The van der Waals surface area contributed by atoms with Gasteiger partial charge in [-0.1, -0.05) is 0 Å². The molecule has 5 nitrogen and oxygen atoms in total. The van der Waals surface area contributed by atoms with Gasteiger partial charge in [-0.05, 0) is 12.1 Å². The summed E-state index contributed by atoms with van der Waals surface area (Å²) in [6.45, 7) is 0.420. The van der Waals surface area contributed by atoms with Crippen molar-refractivity contribution in [3.63, 3.8) is 0 Å². The number of nitrogens with two attached hydrogens (primary N) is 1. The summed E-state index contributed by atoms with van der Waals surface area (Å²) in [4.78, 5) is 17.3. The Morgan fingerprint density at radius 3 is 3.06 bits per heavy atom. The number of furan rings is 1. The standard InChI is InChI=1S/C10H11N3O2S/c1-13(5-7-3-2-4-15-7)9(14)8-6-16-10(11)12-8/h2-4,6H,5H2,1H3,(H2,11,12). The number of nitrogen functional groups attached to an aromatic ring is 1. The predicted molar refractivity (Wildman–Crippen MR) is 61.0 cm³/mol. The number of amides is 1. The van der Waals surface area contributed by atoms with Crippen molar-refractivity contribution in [3.05, 3.63) is 35.2 Å². The molecule has 2 heterocycles. The lowest BCUT2D eigenvalue weighted by Crippen LogP contribution is -2.26. The van der Waals surface area contributed by atoms with Gasteiger partial charge in [0.1, 0.15) is 11.5 Å². The Morgan fingerprint density at radius 2 is 2.50 bits per heavy atom. The molecule has 16 heavy (non-hydrogen) atoms. The second-order valence-electron chi connectivity index (χ2n) is 3.31. The van der Waals surface area contributed by atoms with Crippen LogP contribution in [-0.4, -0.2) is 22.8 Å². The van der Waals surface area contributed by atoms with Crippen molar-refractivity contribution < 1.29 is 9.21 Å². The minimum Gasteiger partial charge on any atom is -0.467 e. The third-order valence-corrected chi connectivity index (χ3v) is 2.73. The average Bonchev–Trinajstić information content (AvgIpc) is 2.88. The summed E-state index contributed by atoms with van der Waals surface area (Å²) < 4.78 is 5.16. The molecule has 84 valence electrons. The summed E-state index contributed by atoms with van der Waals surface area (Å²) >= 11 is 1.25. The highest BCUT2D eigenvalue weighted by Gasteiger charge is 2.15. The van der Waals surface area contributed by atoms with Crippen molar-refractivity contribution in [3.8, 4) is 0 Å². The predicted octanol–water partition coefficient (Wildman–Crippen LogP) is 1.59. The van der Waals surface area contributed by atoms with Gasteiger partial charge in [-0.2, -0.15) is 0 Å². The Hall–Kier alpha value is -1.82. The van der Waals surface area contributed by atoms with Crippen molar-refractivity contribution in [1.82, 2.24) is 9.88 Å². The van der Waals surface area contributed by atoms with Crippen LogP contribution in [0.5, 0.6) is 0 Å². The first-order valence-electron chi connectivity index (χ1n) is 4.65. The molecule has 0 saturated carbocycles. The molecular formula is C10H11N3O2S. The van der Waals surface area contributed by atoms with Crippen molar-refractivity contribution >= 4 is 22.4 Å². The van der Waals surface area contributed by atoms with Gasteiger partial charge in [-0.15, -0.1) is 11.3 Å². The molecule has 0 aliphatic rings. The Kier molecular flexibility index (Phi) is 2.91. The summed E-state index contributed by atoms with van der Waals surface area (Å²) in [6, 6.07) is 3.60. The third-order valence-electron chi connectivity index (χ3n) is 2.06. The Bertz CT molecular complexity index is 478. The van der Waals surface area contributed by atoms with E-state index >= 15 is 0 Å². The lowest BCUT2D eigenvalue weighted by molar-refractivity contribution is 0.0770. The van der Waals surface area contributed by atoms with Crippen molar-refractivity contribution in [2.75, 3.05) is 12.8 Å². The van der Waals surface area contributed by atoms with Crippen LogP contribution in [0.25, 0.3) is 0 Å². The molecule has 0 unspecified atom stereocenters. The van der Waals surface area contributed by atoms with Gasteiger partial charge in [0.05, 0.1) is 12.8 Å². The minimum atomic E-state index is -0.163. The molecule has 0 bridgehead atoms. The van der Waals surface area contributed by atoms with E-state index in [0.717, 1.165) is 5.76 Å². The molecule has 0 aliphatic carbocycles. The monoisotopic (exact) mass is 237 g/mol. The number of thiazole rings is 1. The first kappa shape index (κ1) is 10.7. The average molecular weight is 237 g/mol. The van der Waals surface area contributed by atoms with Gasteiger partial charge >= 0.3 is 0 Å². The molecule has 2 aromatic rings. The van der Waals surface area contributed by atoms with E-state index in [1.807, 2.05) is 6.07 Å². The highest BCUT2D eigenvalue weighted by atomic mass is 32.1. The van der Waals surface area contributed by atoms with Crippen LogP contribution in [0, 0.1) is 0 Å². The zero-order chi connectivity index (χ0) is 11.5. The van der Waals surface area contributed by atoms with E-state index in [2.05, 4.69) is 4.98 Å². The molecule has 0 radical (unpaired) electrons. The number of aromatic nitrogens is 1. The maximum absolute atomic E-state index is 11.9. The first-order valence-corrected chi connectivity index (χ1v) is 5.53. The third kappa shape index (κ3) is 2.22. The summed E-state index contributed by atoms with van der Waals surface area (Å²) in [5.74, 6) is 0.573. The number of carbonyl (C=O) groups excluding carboxylic acids is 1. The van der Waals surface area contributed by atoms with Crippen LogP contribution < -0.4 is 5.73 Å². The van der Waals surface area contributed by atoms with E-state index in [1.165, 1.54) is 16.2 Å². The Morgan fingerprint density at radius 1 is 1.69 bits per heavy atom. The van der Waals surface area contributed by atoms with Crippen LogP contribution in [0.15, 0.2) is 28.2 Å². The molecule has 0 aliphatic heterocycles. The molecule has 0 atom stereocenters. The highest BCUT2D eigenvalue weighted by molar-refractivity contribution is 7.13. The number of rotatable bonds is 3. The van der Waals surface area contributed by atoms with Crippen molar-refractivity contribution in [2.24, 2.45) is 0 Å². The maximum atomic E-state index is 11.9. The molecule has 6 heteroatoms. The quantitative estimate of drug-likeness (QED) is 0.879. The van der Waals surface area contributed by atoms with Crippen LogP contribution in [-0.2, 0) is 6.54 Å². The largest absolute Gasteiger partial charge is 0.467 e. The van der Waals surface area contributed by atoms with Crippen LogP contribution in [0.2, 0.25) is 0 Å². The molecular weight excluding hydrogens is 226 g/mol. The van der Waals surface area contributed by atoms with Crippen LogP contribution in [0.1, 0.15) is 16.2 Å². The van der Waals surface area contributed by atoms with Gasteiger partial charge in [-0.3, -0.25) is 4.79 Å². The number of hydrogen-bond acceptors (Lipinski definition) is 5. The molecule has 2 rings (SSSR count). The summed E-state index contributed by atoms with van der Waals surface area (Å²) in [5, 5.41) is 2.05. The van der Waals surface area contributed by atoms with E-state index in [9.17, 15) is 4.79 Å². The van der Waals surface area contributed by atoms with Crippen molar-refractivity contribution in [1.29, 1.82) is 0 Å². The van der Waals surface area contributed by atoms with E-state index in [4.69, 9.17) is 10.2 Å². The topological polar surface area (TPSA) is 72.4 Å². The van der Waals surface area contributed by atoms with Gasteiger partial charge < -0.3 is 15.1 Å². The molecule has 1 amide bonds. The lowest BCUT2D eigenvalue weighted by Gasteiger charge is -2.13. The molecule has 2 aromatic heterocycles. The molecule has 0 aromatic carbocycles. The fourth-order valence-corrected chi connectivity index (χ4v) is 1.83. The fraction of sp³-hybridized carbons (Fsp3) is 0.200. The van der Waals surface area contributed by atoms with E-state index in [1.54, 1.807) is 24.8 Å². The molecule has 0 spiro atoms. The van der Waals surface area contributed by atoms with Crippen LogP contribution in [0.3, 0.4) is 0 Å². The van der Waals surface area contributed by atoms with Crippen molar-refractivity contribution in [2.45, 2.75) is 6.54 Å². The Balaban J connectivity index is 2.05. The first-order chi connectivity index (χ1) is 7.66. The smallest absolute Gasteiger partial charge is 0.273 e. The van der Waals surface area contributed by atoms with Gasteiger partial charge in [0, 0.05) is 12.4 Å². The second kappa shape index (κ2) is 4.36. The number of nitrogens with zero attached hydrogens (tertiary/aromatic N) is 2. The maximum Gasteiger partial charge on any atom is 0.273 e. The number of anilines is 1. The Labute approximate surface area is 96.5 Å². The summed E-state index contributed by atoms with van der Waals surface area (Å²) in [5.41, 5.74) is 5.84. The van der Waals surface area contributed by atoms with E-state index in [0.29, 0.717) is 17.4 Å². The zero-order valence-electron chi connectivity index (χ0n) is 8.71. The van der Waals surface area contributed by atoms with E-state index < -0.39 is 0 Å². The molecule has 0 saturated heterocycles. The van der Waals surface area contributed by atoms with Gasteiger partial charge in [0.15, 0.2) is 5.13 Å². The number of hydrogen-bond donors (Lipinski definition) is 1. The second-order valence-corrected chi connectivity index (χ2v) is 4.20. The van der Waals surface area contributed by atoms with Gasteiger partial charge in [0.25, 0.3) is 5.91 Å². The molecule has 0 fully saturated rings. The summed E-state index contributed by atoms with van der Waals surface area (Å²) in [7, 11) is 1.69. The molecule has 2 N–H and O–H groups in total. The lowest BCUT2D eigenvalue weighted by atomic mass is 10.3. The summed E-state index contributed by atoms with van der Waals surface area (Å²) in [6.07, 6.45) is 1.58. The SMILES string of the molecule is CN(Cc1ccco1)C(=O)c1csc(N)n1. The van der Waals surface area contributed by atoms with Gasteiger partial charge in [-0.25, -0.2) is 4.98 Å². The van der Waals surface area contributed by atoms with E-state index in [-0.39, 0.29) is 5.91 Å². The van der Waals surface area contributed by atoms with Gasteiger partial charge in [0.2, 0.25) is 0 Å². The van der Waals surface area contributed by atoms with Crippen LogP contribution in [0.4, 0.5) is 5.13 Å². The zero-order valence-corrected chi connectivity index (χ0v) is 9.53. The normalized spacial score (nSPS) is 10.3. The van der Waals surface area contributed by atoms with Crippen LogP contribution >= 0.6 is 11.3 Å².